The predicted octanol–water partition coefficient (Wildman–Crippen LogP) is 5.16. The molecule has 0 spiro atoms. The highest BCUT2D eigenvalue weighted by atomic mass is 16.5. The fraction of sp³-hybridized carbons (Fsp3) is 0.414. The Morgan fingerprint density at radius 2 is 1.86 bits per heavy atom. The van der Waals surface area contributed by atoms with E-state index in [0.29, 0.717) is 36.5 Å². The molecule has 192 valence electrons. The lowest BCUT2D eigenvalue weighted by atomic mass is 10.1. The van der Waals surface area contributed by atoms with Gasteiger partial charge in [-0.05, 0) is 70.0 Å². The third kappa shape index (κ3) is 4.62. The van der Waals surface area contributed by atoms with Crippen molar-refractivity contribution < 1.29 is 14.1 Å². The molecule has 2 aromatic heterocycles. The molecule has 8 heteroatoms. The molecule has 37 heavy (non-hydrogen) atoms. The van der Waals surface area contributed by atoms with E-state index in [4.69, 9.17) is 9.26 Å². The minimum Gasteiger partial charge on any atom is -0.490 e. The predicted molar refractivity (Wildman–Crippen MR) is 141 cm³/mol. The van der Waals surface area contributed by atoms with Crippen molar-refractivity contribution in [3.8, 4) is 17.2 Å². The zero-order valence-corrected chi connectivity index (χ0v) is 21.6. The van der Waals surface area contributed by atoms with Crippen LogP contribution < -0.4 is 4.74 Å². The highest BCUT2D eigenvalue weighted by Gasteiger charge is 2.32. The summed E-state index contributed by atoms with van der Waals surface area (Å²) in [6.45, 7) is 9.67. The van der Waals surface area contributed by atoms with Crippen LogP contribution in [0, 0.1) is 0 Å². The Labute approximate surface area is 216 Å². The molecule has 1 fully saturated rings. The number of carbonyl (C=O) groups excluding carboxylic acids is 1. The molecule has 1 amide bonds. The number of hydrogen-bond acceptors (Lipinski definition) is 6. The number of ether oxygens (including phenoxy) is 1. The average Bonchev–Trinajstić information content (AvgIpc) is 3.53. The van der Waals surface area contributed by atoms with E-state index in [2.05, 4.69) is 52.5 Å². The summed E-state index contributed by atoms with van der Waals surface area (Å²) in [5.41, 5.74) is 2.61. The fourth-order valence-corrected chi connectivity index (χ4v) is 5.60. The van der Waals surface area contributed by atoms with Crippen LogP contribution in [0.3, 0.4) is 0 Å². The van der Waals surface area contributed by atoms with Crippen molar-refractivity contribution in [2.45, 2.75) is 58.3 Å². The van der Waals surface area contributed by atoms with Gasteiger partial charge in [-0.25, -0.2) is 0 Å². The minimum absolute atomic E-state index is 0.0242. The van der Waals surface area contributed by atoms with Crippen LogP contribution in [-0.4, -0.2) is 62.2 Å². The maximum absolute atomic E-state index is 13.5. The summed E-state index contributed by atoms with van der Waals surface area (Å²) in [4.78, 5) is 22.3. The van der Waals surface area contributed by atoms with Gasteiger partial charge in [0.25, 0.3) is 11.8 Å². The lowest BCUT2D eigenvalue weighted by molar-refractivity contribution is 0.0658. The van der Waals surface area contributed by atoms with E-state index in [0.717, 1.165) is 48.1 Å². The molecule has 0 aliphatic carbocycles. The first-order valence-corrected chi connectivity index (χ1v) is 13.2. The molecule has 2 aliphatic heterocycles. The molecule has 1 saturated heterocycles. The highest BCUT2D eigenvalue weighted by Crippen LogP contribution is 2.33. The second-order valence-corrected chi connectivity index (χ2v) is 10.5. The summed E-state index contributed by atoms with van der Waals surface area (Å²) in [7, 11) is 0. The fourth-order valence-electron chi connectivity index (χ4n) is 5.60. The third-order valence-corrected chi connectivity index (χ3v) is 7.57. The van der Waals surface area contributed by atoms with E-state index in [1.807, 2.05) is 42.5 Å². The summed E-state index contributed by atoms with van der Waals surface area (Å²) < 4.78 is 13.9. The number of piperidine rings is 1. The first-order valence-electron chi connectivity index (χ1n) is 13.2. The SMILES string of the molecule is CC(C)N1CCC(Oc2ccc3c(c2)cc2n3[C@H](C)CN(Cc3noc(-c4ccccc4)n3)C2=O)CC1. The monoisotopic (exact) mass is 499 g/mol. The van der Waals surface area contributed by atoms with Crippen molar-refractivity contribution in [2.75, 3.05) is 19.6 Å². The van der Waals surface area contributed by atoms with Gasteiger partial charge in [0.1, 0.15) is 17.5 Å². The van der Waals surface area contributed by atoms with Crippen LogP contribution in [-0.2, 0) is 6.54 Å². The van der Waals surface area contributed by atoms with Gasteiger partial charge < -0.3 is 23.6 Å². The molecule has 0 bridgehead atoms. The number of fused-ring (bicyclic) bond motifs is 3. The molecular formula is C29H33N5O3. The quantitative estimate of drug-likeness (QED) is 0.365. The summed E-state index contributed by atoms with van der Waals surface area (Å²) in [6.07, 6.45) is 2.31. The van der Waals surface area contributed by atoms with E-state index in [1.165, 1.54) is 0 Å². The molecule has 0 saturated carbocycles. The van der Waals surface area contributed by atoms with Gasteiger partial charge in [0, 0.05) is 48.2 Å². The minimum atomic E-state index is -0.0242. The van der Waals surface area contributed by atoms with Crippen LogP contribution in [0.1, 0.15) is 56.0 Å². The van der Waals surface area contributed by atoms with Crippen molar-refractivity contribution in [1.29, 1.82) is 0 Å². The van der Waals surface area contributed by atoms with Crippen LogP contribution >= 0.6 is 0 Å². The van der Waals surface area contributed by atoms with E-state index in [9.17, 15) is 4.79 Å². The van der Waals surface area contributed by atoms with Gasteiger partial charge in [0.15, 0.2) is 5.82 Å². The molecule has 2 aromatic carbocycles. The largest absolute Gasteiger partial charge is 0.490 e. The summed E-state index contributed by atoms with van der Waals surface area (Å²) in [6, 6.07) is 18.5. The van der Waals surface area contributed by atoms with Gasteiger partial charge in [0.05, 0.1) is 6.54 Å². The van der Waals surface area contributed by atoms with E-state index < -0.39 is 0 Å². The first-order chi connectivity index (χ1) is 18.0. The second kappa shape index (κ2) is 9.67. The Kier molecular flexibility index (Phi) is 6.20. The van der Waals surface area contributed by atoms with Crippen molar-refractivity contribution in [2.24, 2.45) is 0 Å². The molecule has 8 nitrogen and oxygen atoms in total. The zero-order chi connectivity index (χ0) is 25.5. The normalized spacial score (nSPS) is 19.1. The number of nitrogens with zero attached hydrogens (tertiary/aromatic N) is 5. The standard InChI is InChI=1S/C29H33N5O3/c1-19(2)32-13-11-23(12-14-32)36-24-9-10-25-22(15-24)16-26-29(35)33(17-20(3)34(25)26)18-27-30-28(37-31-27)21-7-5-4-6-8-21/h4-10,15-16,19-20,23H,11-14,17-18H2,1-3H3/t20-/m1/s1. The number of carbonyl (C=O) groups is 1. The number of hydrogen-bond donors (Lipinski definition) is 0. The topological polar surface area (TPSA) is 76.6 Å². The number of amides is 1. The summed E-state index contributed by atoms with van der Waals surface area (Å²) >= 11 is 0. The maximum Gasteiger partial charge on any atom is 0.271 e. The number of aromatic nitrogens is 3. The van der Waals surface area contributed by atoms with Crippen LogP contribution in [0.5, 0.6) is 5.75 Å². The average molecular weight is 500 g/mol. The van der Waals surface area contributed by atoms with Crippen LogP contribution in [0.4, 0.5) is 0 Å². The van der Waals surface area contributed by atoms with Crippen LogP contribution in [0.25, 0.3) is 22.4 Å². The van der Waals surface area contributed by atoms with Crippen molar-refractivity contribution >= 4 is 16.8 Å². The summed E-state index contributed by atoms with van der Waals surface area (Å²) in [5, 5.41) is 5.15. The number of likely N-dealkylation sites (tertiary alicyclic amines) is 1. The molecule has 0 N–H and O–H groups in total. The van der Waals surface area contributed by atoms with Gasteiger partial charge >= 0.3 is 0 Å². The molecule has 0 unspecified atom stereocenters. The highest BCUT2D eigenvalue weighted by molar-refractivity contribution is 6.00. The van der Waals surface area contributed by atoms with Gasteiger partial charge in [-0.15, -0.1) is 0 Å². The van der Waals surface area contributed by atoms with Crippen LogP contribution in [0.2, 0.25) is 0 Å². The Morgan fingerprint density at radius 3 is 2.62 bits per heavy atom. The lowest BCUT2D eigenvalue weighted by Gasteiger charge is -2.34. The Morgan fingerprint density at radius 1 is 1.08 bits per heavy atom. The molecule has 1 atom stereocenters. The maximum atomic E-state index is 13.5. The molecule has 0 radical (unpaired) electrons. The molecular weight excluding hydrogens is 466 g/mol. The van der Waals surface area contributed by atoms with Gasteiger partial charge in [0.2, 0.25) is 0 Å². The zero-order valence-electron chi connectivity index (χ0n) is 21.6. The first kappa shape index (κ1) is 23.7. The Balaban J connectivity index is 1.18. The van der Waals surface area contributed by atoms with E-state index in [1.54, 1.807) is 4.90 Å². The third-order valence-electron chi connectivity index (χ3n) is 7.57. The number of rotatable bonds is 6. The van der Waals surface area contributed by atoms with Gasteiger partial charge in [-0.2, -0.15) is 4.98 Å². The van der Waals surface area contributed by atoms with Crippen molar-refractivity contribution in [3.05, 3.63) is 66.1 Å². The van der Waals surface area contributed by atoms with Crippen molar-refractivity contribution in [3.63, 3.8) is 0 Å². The van der Waals surface area contributed by atoms with Crippen LogP contribution in [0.15, 0.2) is 59.1 Å². The number of benzene rings is 2. The Hall–Kier alpha value is -3.65. The Bertz CT molecular complexity index is 1400. The lowest BCUT2D eigenvalue weighted by Crippen LogP contribution is -2.41. The second-order valence-electron chi connectivity index (χ2n) is 10.5. The van der Waals surface area contributed by atoms with Gasteiger partial charge in [-0.3, -0.25) is 4.79 Å². The van der Waals surface area contributed by atoms with Gasteiger partial charge in [-0.1, -0.05) is 23.4 Å². The molecule has 6 rings (SSSR count). The molecule has 2 aliphatic rings. The van der Waals surface area contributed by atoms with E-state index in [-0.39, 0.29) is 18.1 Å². The van der Waals surface area contributed by atoms with E-state index >= 15 is 0 Å². The van der Waals surface area contributed by atoms with Crippen molar-refractivity contribution in [1.82, 2.24) is 24.5 Å². The smallest absolute Gasteiger partial charge is 0.271 e. The summed E-state index contributed by atoms with van der Waals surface area (Å²) in [5.74, 6) is 1.81. The molecule has 4 heterocycles. The molecule has 4 aromatic rings.